The zero-order chi connectivity index (χ0) is 20.7. The van der Waals surface area contributed by atoms with E-state index in [0.29, 0.717) is 21.7 Å². The van der Waals surface area contributed by atoms with Gasteiger partial charge in [0.15, 0.2) is 11.5 Å². The molecule has 0 radical (unpaired) electrons. The van der Waals surface area contributed by atoms with E-state index in [-0.39, 0.29) is 12.6 Å². The number of benzene rings is 2. The van der Waals surface area contributed by atoms with E-state index in [1.54, 1.807) is 25.0 Å². The Bertz CT molecular complexity index is 1160. The number of methoxy groups -OCH3 is 2. The normalized spacial score (nSPS) is 18.1. The second kappa shape index (κ2) is 7.43. The van der Waals surface area contributed by atoms with E-state index >= 15 is 0 Å². The van der Waals surface area contributed by atoms with Crippen LogP contribution in [0.5, 0.6) is 17.2 Å². The number of aliphatic hydroxyl groups excluding tert-OH is 1. The van der Waals surface area contributed by atoms with Gasteiger partial charge in [-0.05, 0) is 45.8 Å². The Morgan fingerprint density at radius 1 is 1.28 bits per heavy atom. The molecule has 0 amide bonds. The quantitative estimate of drug-likeness (QED) is 0.618. The van der Waals surface area contributed by atoms with Crippen LogP contribution in [0.4, 0.5) is 0 Å². The second-order valence-corrected chi connectivity index (χ2v) is 7.49. The molecule has 29 heavy (non-hydrogen) atoms. The Morgan fingerprint density at radius 3 is 2.72 bits per heavy atom. The fourth-order valence-corrected chi connectivity index (χ4v) is 4.49. The molecule has 0 fully saturated rings. The van der Waals surface area contributed by atoms with Crippen LogP contribution < -0.4 is 14.2 Å². The Kier molecular flexibility index (Phi) is 4.94. The molecule has 0 aliphatic carbocycles. The first-order valence-corrected chi connectivity index (χ1v) is 9.63. The molecule has 7 nitrogen and oxygen atoms in total. The number of aliphatic hydroxyl groups is 1. The van der Waals surface area contributed by atoms with Crippen molar-refractivity contribution in [3.63, 3.8) is 0 Å². The highest BCUT2D eigenvalue weighted by Crippen LogP contribution is 2.48. The minimum atomic E-state index is -0.787. The Balaban J connectivity index is 1.97. The summed E-state index contributed by atoms with van der Waals surface area (Å²) in [5, 5.41) is 28.5. The van der Waals surface area contributed by atoms with E-state index in [1.165, 1.54) is 0 Å². The van der Waals surface area contributed by atoms with Gasteiger partial charge in [-0.1, -0.05) is 6.07 Å². The average molecular weight is 456 g/mol. The van der Waals surface area contributed by atoms with Crippen molar-refractivity contribution in [2.24, 2.45) is 5.92 Å². The van der Waals surface area contributed by atoms with E-state index < -0.39 is 11.8 Å². The summed E-state index contributed by atoms with van der Waals surface area (Å²) < 4.78 is 19.0. The van der Waals surface area contributed by atoms with Gasteiger partial charge in [-0.15, -0.1) is 0 Å². The lowest BCUT2D eigenvalue weighted by Gasteiger charge is -2.31. The predicted octanol–water partition coefficient (Wildman–Crippen LogP) is 4.01. The monoisotopic (exact) mass is 455 g/mol. The molecule has 2 N–H and O–H groups in total. The summed E-state index contributed by atoms with van der Waals surface area (Å²) in [7, 11) is 3.11. The van der Waals surface area contributed by atoms with Crippen molar-refractivity contribution < 1.29 is 19.3 Å². The number of hydrogen-bond acceptors (Lipinski definition) is 6. The summed E-state index contributed by atoms with van der Waals surface area (Å²) in [6.45, 7) is -0.160. The van der Waals surface area contributed by atoms with Crippen LogP contribution in [-0.2, 0) is 6.73 Å². The number of rotatable bonds is 4. The Labute approximate surface area is 175 Å². The molecule has 2 heterocycles. The van der Waals surface area contributed by atoms with Crippen LogP contribution in [0, 0.1) is 22.7 Å². The molecule has 2 aromatic carbocycles. The van der Waals surface area contributed by atoms with Crippen LogP contribution in [0.15, 0.2) is 41.0 Å². The number of hydrogen-bond donors (Lipinski definition) is 2. The van der Waals surface area contributed by atoms with Crippen molar-refractivity contribution in [1.82, 2.24) is 4.57 Å². The third-order valence-corrected chi connectivity index (χ3v) is 5.79. The minimum Gasteiger partial charge on any atom is -0.493 e. The van der Waals surface area contributed by atoms with E-state index in [1.807, 2.05) is 30.3 Å². The first kappa shape index (κ1) is 19.3. The zero-order valence-electron chi connectivity index (χ0n) is 15.8. The highest BCUT2D eigenvalue weighted by atomic mass is 79.9. The number of halogens is 1. The lowest BCUT2D eigenvalue weighted by atomic mass is 9.78. The van der Waals surface area contributed by atoms with Crippen LogP contribution in [-0.4, -0.2) is 29.8 Å². The zero-order valence-corrected chi connectivity index (χ0v) is 17.4. The number of ether oxygens (including phenoxy) is 3. The number of fused-ring (bicyclic) bond motifs is 3. The number of nitriles is 1. The maximum Gasteiger partial charge on any atom is 0.205 e. The molecular formula is C21H18BrN3O4. The SMILES string of the molecule is COc1cc(C2c3ccc4c(ccn4CO)c3OC(=N)C2C#N)cc(Br)c1OC. The largest absolute Gasteiger partial charge is 0.493 e. The first-order chi connectivity index (χ1) is 14.0. The van der Waals surface area contributed by atoms with Gasteiger partial charge in [-0.2, -0.15) is 5.26 Å². The summed E-state index contributed by atoms with van der Waals surface area (Å²) >= 11 is 3.51. The molecule has 0 spiro atoms. The molecule has 2 unspecified atom stereocenters. The number of aromatic nitrogens is 1. The van der Waals surface area contributed by atoms with Gasteiger partial charge in [0, 0.05) is 23.1 Å². The first-order valence-electron chi connectivity index (χ1n) is 8.84. The van der Waals surface area contributed by atoms with Gasteiger partial charge in [-0.25, -0.2) is 0 Å². The average Bonchev–Trinajstić information content (AvgIpc) is 3.15. The van der Waals surface area contributed by atoms with E-state index in [4.69, 9.17) is 19.6 Å². The predicted molar refractivity (Wildman–Crippen MR) is 111 cm³/mol. The molecule has 0 saturated carbocycles. The van der Waals surface area contributed by atoms with Crippen LogP contribution in [0.3, 0.4) is 0 Å². The number of nitrogens with zero attached hydrogens (tertiary/aromatic N) is 2. The third-order valence-electron chi connectivity index (χ3n) is 5.20. The van der Waals surface area contributed by atoms with E-state index in [0.717, 1.165) is 22.0 Å². The van der Waals surface area contributed by atoms with Crippen LogP contribution in [0.2, 0.25) is 0 Å². The fourth-order valence-electron chi connectivity index (χ4n) is 3.87. The van der Waals surface area contributed by atoms with Crippen LogP contribution in [0.1, 0.15) is 17.0 Å². The molecule has 1 aromatic heterocycles. The standard InChI is InChI=1S/C21H18BrN3O4/c1-27-17-8-11(7-15(22)20(17)28-2)18-13-3-4-16-12(5-6-25(16)10-26)19(13)29-21(24)14(18)9-23/h3-8,14,18,24,26H,10H2,1-2H3. The minimum absolute atomic E-state index is 0.111. The van der Waals surface area contributed by atoms with Gasteiger partial charge in [0.05, 0.1) is 30.3 Å². The van der Waals surface area contributed by atoms with Crippen LogP contribution >= 0.6 is 15.9 Å². The van der Waals surface area contributed by atoms with Crippen molar-refractivity contribution in [1.29, 1.82) is 10.7 Å². The molecule has 2 atom stereocenters. The summed E-state index contributed by atoms with van der Waals surface area (Å²) in [5.41, 5.74) is 2.40. The summed E-state index contributed by atoms with van der Waals surface area (Å²) in [4.78, 5) is 0. The van der Waals surface area contributed by atoms with Gasteiger partial charge in [0.2, 0.25) is 5.90 Å². The molecule has 1 aliphatic rings. The maximum atomic E-state index is 9.80. The molecule has 4 rings (SSSR count). The lowest BCUT2D eigenvalue weighted by molar-refractivity contribution is 0.215. The van der Waals surface area contributed by atoms with Gasteiger partial charge in [0.25, 0.3) is 0 Å². The Hall–Kier alpha value is -3.02. The maximum absolute atomic E-state index is 9.80. The fraction of sp³-hybridized carbons (Fsp3) is 0.238. The van der Waals surface area contributed by atoms with E-state index in [2.05, 4.69) is 22.0 Å². The molecule has 8 heteroatoms. The van der Waals surface area contributed by atoms with Crippen LogP contribution in [0.25, 0.3) is 10.9 Å². The molecule has 148 valence electrons. The highest BCUT2D eigenvalue weighted by molar-refractivity contribution is 9.10. The van der Waals surface area contributed by atoms with Gasteiger partial charge >= 0.3 is 0 Å². The molecule has 0 bridgehead atoms. The van der Waals surface area contributed by atoms with E-state index in [9.17, 15) is 10.4 Å². The molecular weight excluding hydrogens is 438 g/mol. The Morgan fingerprint density at radius 2 is 2.07 bits per heavy atom. The summed E-state index contributed by atoms with van der Waals surface area (Å²) in [6.07, 6.45) is 1.76. The van der Waals surface area contributed by atoms with Crippen molar-refractivity contribution in [2.45, 2.75) is 12.6 Å². The highest BCUT2D eigenvalue weighted by Gasteiger charge is 2.38. The van der Waals surface area contributed by atoms with Gasteiger partial charge in [0.1, 0.15) is 18.4 Å². The lowest BCUT2D eigenvalue weighted by Crippen LogP contribution is -2.31. The van der Waals surface area contributed by atoms with Gasteiger partial charge < -0.3 is 23.9 Å². The summed E-state index contributed by atoms with van der Waals surface area (Å²) in [5.74, 6) is 0.296. The third kappa shape index (κ3) is 2.94. The van der Waals surface area contributed by atoms with Crippen molar-refractivity contribution >= 4 is 32.7 Å². The molecule has 0 saturated heterocycles. The van der Waals surface area contributed by atoms with Gasteiger partial charge in [-0.3, -0.25) is 5.41 Å². The topological polar surface area (TPSA) is 100 Å². The van der Waals surface area contributed by atoms with Crippen molar-refractivity contribution in [3.05, 3.63) is 52.1 Å². The van der Waals surface area contributed by atoms with Crippen molar-refractivity contribution in [3.8, 4) is 23.3 Å². The smallest absolute Gasteiger partial charge is 0.205 e. The molecule has 3 aromatic rings. The van der Waals surface area contributed by atoms with Crippen molar-refractivity contribution in [2.75, 3.05) is 14.2 Å². The second-order valence-electron chi connectivity index (χ2n) is 6.63. The number of nitrogens with one attached hydrogen (secondary N) is 1. The molecule has 1 aliphatic heterocycles. The summed E-state index contributed by atoms with van der Waals surface area (Å²) in [6, 6.07) is 11.5.